The number of hydrogen-bond acceptors (Lipinski definition) is 5. The van der Waals surface area contributed by atoms with E-state index in [1.165, 1.54) is 32.1 Å². The quantitative estimate of drug-likeness (QED) is 0.287. The molecule has 290 valence electrons. The van der Waals surface area contributed by atoms with Crippen molar-refractivity contribution < 1.29 is 24.3 Å². The van der Waals surface area contributed by atoms with Gasteiger partial charge in [-0.2, -0.15) is 0 Å². The molecule has 2 aliphatic heterocycles. The fourth-order valence-electron chi connectivity index (χ4n) is 13.7. The lowest BCUT2D eigenvalue weighted by Gasteiger charge is -2.61. The zero-order chi connectivity index (χ0) is 36.2. The van der Waals surface area contributed by atoms with Gasteiger partial charge in [0.25, 0.3) is 0 Å². The number of β-amino-alcohol motifs (C(OH)–C–C–N with tert-alkyl or cyclic N) is 1. The smallest absolute Gasteiger partial charge is 0.244 e. The lowest BCUT2D eigenvalue weighted by Crippen LogP contribution is -2.63. The molecule has 2 N–H and O–H groups in total. The van der Waals surface area contributed by atoms with E-state index >= 15 is 0 Å². The van der Waals surface area contributed by atoms with Crippen LogP contribution < -0.4 is 5.32 Å². The topological polar surface area (TPSA) is 110 Å². The molecule has 9 fully saturated rings. The Hall–Kier alpha value is -1.87. The van der Waals surface area contributed by atoms with Gasteiger partial charge in [-0.15, -0.1) is 11.6 Å². The van der Waals surface area contributed by atoms with Crippen LogP contribution in [0.15, 0.2) is 0 Å². The molecule has 10 atom stereocenters. The fraction of sp³-hybridized carbons (Fsp3) is 0.905. The molecule has 9 rings (SSSR count). The van der Waals surface area contributed by atoms with Crippen molar-refractivity contribution in [3.8, 4) is 0 Å². The van der Waals surface area contributed by atoms with E-state index in [9.17, 15) is 24.3 Å². The van der Waals surface area contributed by atoms with E-state index in [4.69, 9.17) is 11.6 Å². The van der Waals surface area contributed by atoms with Gasteiger partial charge in [-0.1, -0.05) is 44.9 Å². The molecule has 0 spiro atoms. The SMILES string of the molecule is CN(CC1CCCCC1Cl)C(=O)C(CC1CCC2CCCCC2C1)NC(=O)C1C[C@@H](O)CN1C(=O)C12CC3CC(CC(C(=O)N4CCCC4)(C3)C1)C2. The highest BCUT2D eigenvalue weighted by atomic mass is 35.5. The highest BCUT2D eigenvalue weighted by Gasteiger charge is 2.65. The zero-order valence-corrected chi connectivity index (χ0v) is 32.5. The van der Waals surface area contributed by atoms with Crippen molar-refractivity contribution in [2.45, 2.75) is 158 Å². The predicted molar refractivity (Wildman–Crippen MR) is 200 cm³/mol. The average molecular weight is 741 g/mol. The summed E-state index contributed by atoms with van der Waals surface area (Å²) in [4.78, 5) is 63.3. The number of likely N-dealkylation sites (N-methyl/N-ethyl adjacent to an activating group) is 1. The highest BCUT2D eigenvalue weighted by molar-refractivity contribution is 6.20. The molecule has 0 aromatic carbocycles. The second-order valence-corrected chi connectivity index (χ2v) is 20.0. The maximum atomic E-state index is 14.9. The molecule has 9 nitrogen and oxygen atoms in total. The summed E-state index contributed by atoms with van der Waals surface area (Å²) in [5, 5.41) is 14.3. The van der Waals surface area contributed by atoms with Gasteiger partial charge >= 0.3 is 0 Å². The van der Waals surface area contributed by atoms with E-state index in [0.29, 0.717) is 37.1 Å². The van der Waals surface area contributed by atoms with Gasteiger partial charge in [-0.05, 0) is 119 Å². The number of rotatable bonds is 9. The first-order valence-corrected chi connectivity index (χ1v) is 21.9. The molecule has 4 amide bonds. The van der Waals surface area contributed by atoms with Crippen molar-refractivity contribution in [1.29, 1.82) is 0 Å². The van der Waals surface area contributed by atoms with Crippen LogP contribution in [-0.2, 0) is 19.2 Å². The van der Waals surface area contributed by atoms with Crippen LogP contribution in [0, 0.1) is 46.3 Å². The summed E-state index contributed by atoms with van der Waals surface area (Å²) in [5.41, 5.74) is -1.13. The second kappa shape index (κ2) is 15.0. The third-order valence-electron chi connectivity index (χ3n) is 15.7. The number of aliphatic hydroxyl groups excluding tert-OH is 1. The molecule has 0 aromatic heterocycles. The molecular weight excluding hydrogens is 676 g/mol. The summed E-state index contributed by atoms with van der Waals surface area (Å²) in [6.45, 7) is 2.36. The summed E-state index contributed by atoms with van der Waals surface area (Å²) in [6, 6.07) is -1.49. The lowest BCUT2D eigenvalue weighted by atomic mass is 9.43. The third-order valence-corrected chi connectivity index (χ3v) is 16.3. The third kappa shape index (κ3) is 7.17. The van der Waals surface area contributed by atoms with E-state index in [1.54, 1.807) is 9.80 Å². The molecule has 2 saturated heterocycles. The first-order valence-electron chi connectivity index (χ1n) is 21.5. The Labute approximate surface area is 316 Å². The Bertz CT molecular complexity index is 1360. The molecule has 7 saturated carbocycles. The van der Waals surface area contributed by atoms with Gasteiger partial charge in [-0.25, -0.2) is 0 Å². The zero-order valence-electron chi connectivity index (χ0n) is 31.8. The second-order valence-electron chi connectivity index (χ2n) is 19.4. The Morgan fingerprint density at radius 2 is 1.46 bits per heavy atom. The van der Waals surface area contributed by atoms with Crippen LogP contribution in [0.25, 0.3) is 0 Å². The molecule has 10 heteroatoms. The van der Waals surface area contributed by atoms with Crippen molar-refractivity contribution in [3.05, 3.63) is 0 Å². The monoisotopic (exact) mass is 740 g/mol. The van der Waals surface area contributed by atoms with Gasteiger partial charge in [0.15, 0.2) is 0 Å². The number of carbonyl (C=O) groups is 4. The van der Waals surface area contributed by atoms with Gasteiger partial charge in [0.05, 0.1) is 16.9 Å². The Balaban J connectivity index is 0.995. The minimum absolute atomic E-state index is 0.0436. The average Bonchev–Trinajstić information content (AvgIpc) is 3.81. The summed E-state index contributed by atoms with van der Waals surface area (Å²) in [5.74, 6) is 2.68. The summed E-state index contributed by atoms with van der Waals surface area (Å²) >= 11 is 6.74. The number of hydrogen-bond donors (Lipinski definition) is 2. The van der Waals surface area contributed by atoms with Crippen molar-refractivity contribution >= 4 is 35.2 Å². The minimum atomic E-state index is -0.819. The number of likely N-dealkylation sites (tertiary alicyclic amines) is 2. The highest BCUT2D eigenvalue weighted by Crippen LogP contribution is 2.66. The van der Waals surface area contributed by atoms with E-state index in [0.717, 1.165) is 108 Å². The number of carbonyl (C=O) groups excluding carboxylic acids is 4. The normalized spacial score (nSPS) is 41.8. The minimum Gasteiger partial charge on any atom is -0.391 e. The standard InChI is InChI=1S/C42H65ClN4O5/c1-45(24-32-10-4-5-11-34(32)43)38(50)35(18-27-12-13-30-8-2-3-9-31(30)17-27)44-37(49)36-19-33(48)25-47(36)40(52)42-22-28-16-29(23-42)21-41(20-28,26-42)39(51)46-14-6-7-15-46/h27-36,48H,2-26H2,1H3,(H,44,49)/t27?,28?,29?,30?,31?,32?,33-,34?,35?,36?,41?,42?/m1/s1. The van der Waals surface area contributed by atoms with Gasteiger partial charge in [0, 0.05) is 45.0 Å². The van der Waals surface area contributed by atoms with Crippen LogP contribution in [0.5, 0.6) is 0 Å². The number of amides is 4. The molecular formula is C42H65ClN4O5. The number of fused-ring (bicyclic) bond motifs is 1. The number of nitrogens with zero attached hydrogens (tertiary/aromatic N) is 3. The largest absolute Gasteiger partial charge is 0.391 e. The predicted octanol–water partition coefficient (Wildman–Crippen LogP) is 5.89. The van der Waals surface area contributed by atoms with Crippen LogP contribution >= 0.6 is 11.6 Å². The first kappa shape index (κ1) is 37.1. The fourth-order valence-corrected chi connectivity index (χ4v) is 14.1. The van der Waals surface area contributed by atoms with E-state index in [1.807, 2.05) is 7.05 Å². The van der Waals surface area contributed by atoms with Crippen LogP contribution in [0.2, 0.25) is 0 Å². The van der Waals surface area contributed by atoms with Crippen LogP contribution in [0.1, 0.15) is 135 Å². The molecule has 2 heterocycles. The van der Waals surface area contributed by atoms with Crippen molar-refractivity contribution in [3.63, 3.8) is 0 Å². The van der Waals surface area contributed by atoms with Gasteiger partial charge < -0.3 is 25.1 Å². The van der Waals surface area contributed by atoms with Crippen molar-refractivity contribution in [1.82, 2.24) is 20.0 Å². The van der Waals surface area contributed by atoms with Gasteiger partial charge in [0.2, 0.25) is 23.6 Å². The van der Waals surface area contributed by atoms with Gasteiger partial charge in [-0.3, -0.25) is 19.2 Å². The molecule has 9 unspecified atom stereocenters. The molecule has 52 heavy (non-hydrogen) atoms. The first-order chi connectivity index (χ1) is 25.0. The van der Waals surface area contributed by atoms with Crippen LogP contribution in [-0.4, -0.2) is 100 Å². The van der Waals surface area contributed by atoms with E-state index in [2.05, 4.69) is 10.2 Å². The molecule has 4 bridgehead atoms. The van der Waals surface area contributed by atoms with E-state index < -0.39 is 29.0 Å². The van der Waals surface area contributed by atoms with Crippen LogP contribution in [0.4, 0.5) is 0 Å². The Morgan fingerprint density at radius 1 is 0.808 bits per heavy atom. The number of nitrogens with one attached hydrogen (secondary N) is 1. The molecule has 0 radical (unpaired) electrons. The maximum Gasteiger partial charge on any atom is 0.244 e. The summed E-state index contributed by atoms with van der Waals surface area (Å²) < 4.78 is 0. The summed E-state index contributed by atoms with van der Waals surface area (Å²) in [6.07, 6.45) is 20.0. The van der Waals surface area contributed by atoms with E-state index in [-0.39, 0.29) is 47.9 Å². The number of halogens is 1. The van der Waals surface area contributed by atoms with Crippen molar-refractivity contribution in [2.75, 3.05) is 33.2 Å². The Morgan fingerprint density at radius 3 is 2.17 bits per heavy atom. The molecule has 9 aliphatic rings. The molecule has 0 aromatic rings. The number of aliphatic hydroxyl groups is 1. The van der Waals surface area contributed by atoms with Gasteiger partial charge in [0.1, 0.15) is 12.1 Å². The Kier molecular flexibility index (Phi) is 10.7. The lowest BCUT2D eigenvalue weighted by molar-refractivity contribution is -0.180. The van der Waals surface area contributed by atoms with Crippen molar-refractivity contribution in [2.24, 2.45) is 46.3 Å². The van der Waals surface area contributed by atoms with Crippen LogP contribution in [0.3, 0.4) is 0 Å². The number of alkyl halides is 1. The maximum absolute atomic E-state index is 14.9. The molecule has 7 aliphatic carbocycles. The summed E-state index contributed by atoms with van der Waals surface area (Å²) in [7, 11) is 1.86.